The maximum atomic E-state index is 12.0. The van der Waals surface area contributed by atoms with Crippen LogP contribution in [-0.4, -0.2) is 22.6 Å². The minimum Gasteiger partial charge on any atom is -0.399 e. The Kier molecular flexibility index (Phi) is 2.40. The number of piperidine rings is 1. The van der Waals surface area contributed by atoms with Crippen molar-refractivity contribution in [1.82, 2.24) is 14.9 Å². The van der Waals surface area contributed by atoms with Crippen molar-refractivity contribution in [2.75, 3.05) is 18.8 Å². The molecule has 0 amide bonds. The summed E-state index contributed by atoms with van der Waals surface area (Å²) in [4.78, 5) is 14.9. The first-order valence-electron chi connectivity index (χ1n) is 5.96. The minimum absolute atomic E-state index is 0.0301. The number of imidazole rings is 1. The van der Waals surface area contributed by atoms with E-state index in [9.17, 15) is 4.79 Å². The first kappa shape index (κ1) is 10.4. The number of aromatic amines is 1. The average Bonchev–Trinajstić information content (AvgIpc) is 2.65. The van der Waals surface area contributed by atoms with Crippen LogP contribution in [0.15, 0.2) is 23.0 Å². The van der Waals surface area contributed by atoms with Gasteiger partial charge in [-0.05, 0) is 44.1 Å². The zero-order chi connectivity index (χ0) is 11.8. The topological polar surface area (TPSA) is 75.8 Å². The summed E-state index contributed by atoms with van der Waals surface area (Å²) in [6, 6.07) is 5.87. The molecule has 0 aliphatic carbocycles. The van der Waals surface area contributed by atoms with Gasteiger partial charge >= 0.3 is 5.69 Å². The molecule has 1 aliphatic rings. The molecule has 0 atom stereocenters. The third-order valence-electron chi connectivity index (χ3n) is 3.41. The molecular formula is C12H16N4O. The minimum atomic E-state index is -0.0301. The van der Waals surface area contributed by atoms with Gasteiger partial charge in [0.05, 0.1) is 11.0 Å². The van der Waals surface area contributed by atoms with Gasteiger partial charge < -0.3 is 16.0 Å². The molecule has 17 heavy (non-hydrogen) atoms. The average molecular weight is 232 g/mol. The summed E-state index contributed by atoms with van der Waals surface area (Å²) in [6.45, 7) is 1.94. The largest absolute Gasteiger partial charge is 0.399 e. The number of H-pyrrole nitrogens is 1. The number of anilines is 1. The fourth-order valence-electron chi connectivity index (χ4n) is 2.58. The highest BCUT2D eigenvalue weighted by molar-refractivity contribution is 5.79. The Morgan fingerprint density at radius 2 is 2.06 bits per heavy atom. The van der Waals surface area contributed by atoms with Gasteiger partial charge in [-0.25, -0.2) is 4.79 Å². The third-order valence-corrected chi connectivity index (χ3v) is 3.41. The van der Waals surface area contributed by atoms with E-state index in [0.717, 1.165) is 37.0 Å². The highest BCUT2D eigenvalue weighted by Crippen LogP contribution is 2.22. The normalized spacial score (nSPS) is 17.6. The van der Waals surface area contributed by atoms with Crippen molar-refractivity contribution in [2.45, 2.75) is 18.9 Å². The van der Waals surface area contributed by atoms with E-state index in [2.05, 4.69) is 10.3 Å². The van der Waals surface area contributed by atoms with Crippen molar-refractivity contribution in [2.24, 2.45) is 0 Å². The van der Waals surface area contributed by atoms with E-state index in [1.54, 1.807) is 0 Å². The maximum Gasteiger partial charge on any atom is 0.326 e. The summed E-state index contributed by atoms with van der Waals surface area (Å²) in [5.41, 5.74) is 8.15. The van der Waals surface area contributed by atoms with Crippen molar-refractivity contribution >= 4 is 16.7 Å². The van der Waals surface area contributed by atoms with Crippen LogP contribution in [0, 0.1) is 0 Å². The second kappa shape index (κ2) is 3.92. The molecule has 90 valence electrons. The first-order chi connectivity index (χ1) is 8.25. The van der Waals surface area contributed by atoms with Crippen LogP contribution in [0.1, 0.15) is 18.9 Å². The van der Waals surface area contributed by atoms with E-state index in [1.165, 1.54) is 0 Å². The summed E-state index contributed by atoms with van der Waals surface area (Å²) in [6.07, 6.45) is 1.99. The van der Waals surface area contributed by atoms with Gasteiger partial charge in [0.2, 0.25) is 0 Å². The van der Waals surface area contributed by atoms with Crippen LogP contribution in [-0.2, 0) is 0 Å². The SMILES string of the molecule is Nc1ccc2c(c1)[nH]c(=O)n2C1CCNCC1. The summed E-state index contributed by atoms with van der Waals surface area (Å²) in [7, 11) is 0. The smallest absolute Gasteiger partial charge is 0.326 e. The van der Waals surface area contributed by atoms with E-state index in [0.29, 0.717) is 11.7 Å². The molecule has 2 heterocycles. The molecule has 1 fully saturated rings. The van der Waals surface area contributed by atoms with E-state index >= 15 is 0 Å². The number of hydrogen-bond donors (Lipinski definition) is 3. The van der Waals surface area contributed by atoms with Gasteiger partial charge in [0, 0.05) is 11.7 Å². The summed E-state index contributed by atoms with van der Waals surface area (Å²) < 4.78 is 1.87. The predicted octanol–water partition coefficient (Wildman–Crippen LogP) is 0.836. The van der Waals surface area contributed by atoms with Gasteiger partial charge in [0.1, 0.15) is 0 Å². The number of nitrogens with zero attached hydrogens (tertiary/aromatic N) is 1. The Morgan fingerprint density at radius 3 is 2.82 bits per heavy atom. The quantitative estimate of drug-likeness (QED) is 0.638. The predicted molar refractivity (Wildman–Crippen MR) is 68.1 cm³/mol. The lowest BCUT2D eigenvalue weighted by atomic mass is 10.1. The molecule has 1 aromatic carbocycles. The number of benzene rings is 1. The molecule has 4 N–H and O–H groups in total. The van der Waals surface area contributed by atoms with Crippen LogP contribution in [0.25, 0.3) is 11.0 Å². The molecule has 0 saturated carbocycles. The van der Waals surface area contributed by atoms with Crippen molar-refractivity contribution < 1.29 is 0 Å². The number of fused-ring (bicyclic) bond motifs is 1. The highest BCUT2D eigenvalue weighted by atomic mass is 16.1. The number of hydrogen-bond acceptors (Lipinski definition) is 3. The summed E-state index contributed by atoms with van der Waals surface area (Å²) >= 11 is 0. The number of rotatable bonds is 1. The lowest BCUT2D eigenvalue weighted by Crippen LogP contribution is -2.33. The number of aromatic nitrogens is 2. The van der Waals surface area contributed by atoms with Crippen LogP contribution in [0.2, 0.25) is 0 Å². The van der Waals surface area contributed by atoms with Crippen LogP contribution >= 0.6 is 0 Å². The molecule has 5 heteroatoms. The van der Waals surface area contributed by atoms with Gasteiger partial charge in [-0.3, -0.25) is 4.57 Å². The second-order valence-corrected chi connectivity index (χ2v) is 4.56. The Bertz CT molecular complexity index is 592. The van der Waals surface area contributed by atoms with Gasteiger partial charge in [-0.2, -0.15) is 0 Å². The van der Waals surface area contributed by atoms with Crippen LogP contribution in [0.5, 0.6) is 0 Å². The molecule has 5 nitrogen and oxygen atoms in total. The fraction of sp³-hybridized carbons (Fsp3) is 0.417. The zero-order valence-electron chi connectivity index (χ0n) is 9.57. The zero-order valence-corrected chi connectivity index (χ0v) is 9.57. The maximum absolute atomic E-state index is 12.0. The van der Waals surface area contributed by atoms with Gasteiger partial charge in [-0.15, -0.1) is 0 Å². The Hall–Kier alpha value is -1.75. The standard InChI is InChI=1S/C12H16N4O/c13-8-1-2-11-10(7-8)15-12(17)16(11)9-3-5-14-6-4-9/h1-2,7,9,14H,3-6,13H2,(H,15,17). The lowest BCUT2D eigenvalue weighted by molar-refractivity contribution is 0.368. The molecular weight excluding hydrogens is 216 g/mol. The van der Waals surface area contributed by atoms with Crippen LogP contribution in [0.4, 0.5) is 5.69 Å². The van der Waals surface area contributed by atoms with E-state index in [-0.39, 0.29) is 5.69 Å². The Balaban J connectivity index is 2.14. The third kappa shape index (κ3) is 1.72. The molecule has 1 aromatic heterocycles. The monoisotopic (exact) mass is 232 g/mol. The number of nitrogens with two attached hydrogens (primary N) is 1. The molecule has 3 rings (SSSR count). The molecule has 2 aromatic rings. The van der Waals surface area contributed by atoms with Crippen molar-refractivity contribution in [3.05, 3.63) is 28.7 Å². The molecule has 0 radical (unpaired) electrons. The van der Waals surface area contributed by atoms with Gasteiger partial charge in [-0.1, -0.05) is 0 Å². The summed E-state index contributed by atoms with van der Waals surface area (Å²) in [5, 5.41) is 3.31. The highest BCUT2D eigenvalue weighted by Gasteiger charge is 2.19. The molecule has 1 aliphatic heterocycles. The Labute approximate surface area is 98.6 Å². The van der Waals surface area contributed by atoms with E-state index in [1.807, 2.05) is 22.8 Å². The van der Waals surface area contributed by atoms with Crippen molar-refractivity contribution in [1.29, 1.82) is 0 Å². The molecule has 0 unspecified atom stereocenters. The Morgan fingerprint density at radius 1 is 1.29 bits per heavy atom. The number of nitrogens with one attached hydrogen (secondary N) is 2. The fourth-order valence-corrected chi connectivity index (χ4v) is 2.58. The molecule has 0 bridgehead atoms. The van der Waals surface area contributed by atoms with E-state index < -0.39 is 0 Å². The van der Waals surface area contributed by atoms with E-state index in [4.69, 9.17) is 5.73 Å². The molecule has 0 spiro atoms. The second-order valence-electron chi connectivity index (χ2n) is 4.56. The molecule has 1 saturated heterocycles. The summed E-state index contributed by atoms with van der Waals surface area (Å²) in [5.74, 6) is 0. The van der Waals surface area contributed by atoms with Gasteiger partial charge in [0.25, 0.3) is 0 Å². The van der Waals surface area contributed by atoms with Crippen LogP contribution in [0.3, 0.4) is 0 Å². The van der Waals surface area contributed by atoms with Crippen molar-refractivity contribution in [3.8, 4) is 0 Å². The van der Waals surface area contributed by atoms with Gasteiger partial charge in [0.15, 0.2) is 0 Å². The number of nitrogen functional groups attached to an aromatic ring is 1. The van der Waals surface area contributed by atoms with Crippen LogP contribution < -0.4 is 16.7 Å². The van der Waals surface area contributed by atoms with Crippen molar-refractivity contribution in [3.63, 3.8) is 0 Å². The lowest BCUT2D eigenvalue weighted by Gasteiger charge is -2.23. The first-order valence-corrected chi connectivity index (χ1v) is 5.96.